The molecule has 5 heteroatoms. The number of nitrogens with zero attached hydrogens (tertiary/aromatic N) is 1. The number of aliphatic hydroxyl groups excluding tert-OH is 1. The molecule has 110 valence electrons. The van der Waals surface area contributed by atoms with E-state index in [1.165, 1.54) is 0 Å². The van der Waals surface area contributed by atoms with Crippen molar-refractivity contribution < 1.29 is 14.6 Å². The lowest BCUT2D eigenvalue weighted by molar-refractivity contribution is 0.134. The number of ether oxygens (including phenoxy) is 1. The van der Waals surface area contributed by atoms with Gasteiger partial charge in [-0.25, -0.2) is 4.79 Å². The fourth-order valence-corrected chi connectivity index (χ4v) is 2.11. The van der Waals surface area contributed by atoms with E-state index in [9.17, 15) is 4.79 Å². The summed E-state index contributed by atoms with van der Waals surface area (Å²) >= 11 is 0. The molecule has 1 fully saturated rings. The van der Waals surface area contributed by atoms with Gasteiger partial charge >= 0.3 is 6.03 Å². The van der Waals surface area contributed by atoms with Gasteiger partial charge in [-0.3, -0.25) is 0 Å². The van der Waals surface area contributed by atoms with E-state index in [-0.39, 0.29) is 18.7 Å². The van der Waals surface area contributed by atoms with Crippen LogP contribution >= 0.6 is 0 Å². The summed E-state index contributed by atoms with van der Waals surface area (Å²) in [6.07, 6.45) is 2.04. The second-order valence-electron chi connectivity index (χ2n) is 4.87. The van der Waals surface area contributed by atoms with Crippen LogP contribution in [0.4, 0.5) is 10.5 Å². The molecule has 0 bridgehead atoms. The van der Waals surface area contributed by atoms with E-state index in [0.717, 1.165) is 24.1 Å². The lowest BCUT2D eigenvalue weighted by Crippen LogP contribution is -2.38. The Balaban J connectivity index is 2.02. The molecule has 5 nitrogen and oxygen atoms in total. The molecule has 0 spiro atoms. The zero-order valence-corrected chi connectivity index (χ0v) is 11.8. The summed E-state index contributed by atoms with van der Waals surface area (Å²) in [5.41, 5.74) is 1.73. The molecule has 2 rings (SSSR count). The number of amides is 2. The zero-order chi connectivity index (χ0) is 14.4. The Labute approximate surface area is 119 Å². The van der Waals surface area contributed by atoms with Crippen LogP contribution in [0.2, 0.25) is 0 Å². The van der Waals surface area contributed by atoms with E-state index in [1.807, 2.05) is 31.2 Å². The van der Waals surface area contributed by atoms with Crippen molar-refractivity contribution >= 4 is 11.7 Å². The van der Waals surface area contributed by atoms with Crippen molar-refractivity contribution in [3.05, 3.63) is 29.8 Å². The normalized spacial score (nSPS) is 14.1. The van der Waals surface area contributed by atoms with E-state index in [1.54, 1.807) is 4.90 Å². The molecule has 0 heterocycles. The Morgan fingerprint density at radius 2 is 2.20 bits per heavy atom. The topological polar surface area (TPSA) is 61.8 Å². The minimum Gasteiger partial charge on any atom is -0.395 e. The number of para-hydroxylation sites is 1. The van der Waals surface area contributed by atoms with Crippen molar-refractivity contribution in [2.24, 2.45) is 0 Å². The highest BCUT2D eigenvalue weighted by atomic mass is 16.5. The largest absolute Gasteiger partial charge is 0.395 e. The van der Waals surface area contributed by atoms with E-state index in [4.69, 9.17) is 9.84 Å². The quantitative estimate of drug-likeness (QED) is 0.804. The summed E-state index contributed by atoms with van der Waals surface area (Å²) in [5.74, 6) is 0. The number of anilines is 1. The Morgan fingerprint density at radius 3 is 2.85 bits per heavy atom. The van der Waals surface area contributed by atoms with Crippen LogP contribution in [-0.2, 0) is 11.3 Å². The standard InChI is InChI=1S/C15H22N2O3/c1-2-20-11-12-5-3-4-6-14(12)16-15(19)17(9-10-18)13-7-8-13/h3-6,13,18H,2,7-11H2,1H3,(H,16,19). The summed E-state index contributed by atoms with van der Waals surface area (Å²) in [6, 6.07) is 7.76. The number of nitrogens with one attached hydrogen (secondary N) is 1. The summed E-state index contributed by atoms with van der Waals surface area (Å²) in [7, 11) is 0. The predicted octanol–water partition coefficient (Wildman–Crippen LogP) is 2.21. The minimum absolute atomic E-state index is 0.00941. The maximum Gasteiger partial charge on any atom is 0.322 e. The van der Waals surface area contributed by atoms with Gasteiger partial charge in [-0.1, -0.05) is 18.2 Å². The highest BCUT2D eigenvalue weighted by Crippen LogP contribution is 2.27. The number of hydrogen-bond acceptors (Lipinski definition) is 3. The summed E-state index contributed by atoms with van der Waals surface area (Å²) in [5, 5.41) is 12.0. The third kappa shape index (κ3) is 3.95. The molecule has 2 amide bonds. The first kappa shape index (κ1) is 14.8. The summed E-state index contributed by atoms with van der Waals surface area (Å²) in [4.78, 5) is 14.0. The molecule has 0 aromatic heterocycles. The van der Waals surface area contributed by atoms with Crippen LogP contribution in [0, 0.1) is 0 Å². The number of carbonyl (C=O) groups is 1. The monoisotopic (exact) mass is 278 g/mol. The maximum absolute atomic E-state index is 12.3. The summed E-state index contributed by atoms with van der Waals surface area (Å²) < 4.78 is 5.40. The van der Waals surface area contributed by atoms with Gasteiger partial charge in [0.25, 0.3) is 0 Å². The van der Waals surface area contributed by atoms with Crippen molar-refractivity contribution in [1.82, 2.24) is 4.90 Å². The number of carbonyl (C=O) groups excluding carboxylic acids is 1. The molecule has 1 aliphatic carbocycles. The minimum atomic E-state index is -0.148. The van der Waals surface area contributed by atoms with E-state index >= 15 is 0 Å². The maximum atomic E-state index is 12.3. The molecule has 0 atom stereocenters. The van der Waals surface area contributed by atoms with E-state index < -0.39 is 0 Å². The molecule has 1 aromatic carbocycles. The Morgan fingerprint density at radius 1 is 1.45 bits per heavy atom. The number of benzene rings is 1. The second-order valence-corrected chi connectivity index (χ2v) is 4.87. The molecular weight excluding hydrogens is 256 g/mol. The molecule has 1 aliphatic rings. The smallest absolute Gasteiger partial charge is 0.322 e. The zero-order valence-electron chi connectivity index (χ0n) is 11.8. The van der Waals surface area contributed by atoms with Crippen LogP contribution in [-0.4, -0.2) is 41.8 Å². The average molecular weight is 278 g/mol. The molecule has 1 aromatic rings. The molecular formula is C15H22N2O3. The highest BCUT2D eigenvalue weighted by molar-refractivity contribution is 5.90. The van der Waals surface area contributed by atoms with Gasteiger partial charge in [0, 0.05) is 30.4 Å². The van der Waals surface area contributed by atoms with Gasteiger partial charge in [0.2, 0.25) is 0 Å². The SMILES string of the molecule is CCOCc1ccccc1NC(=O)N(CCO)C1CC1. The molecule has 1 saturated carbocycles. The van der Waals surface area contributed by atoms with Crippen molar-refractivity contribution in [2.75, 3.05) is 25.1 Å². The van der Waals surface area contributed by atoms with E-state index in [0.29, 0.717) is 19.8 Å². The van der Waals surface area contributed by atoms with Crippen molar-refractivity contribution in [2.45, 2.75) is 32.4 Å². The fourth-order valence-electron chi connectivity index (χ4n) is 2.11. The highest BCUT2D eigenvalue weighted by Gasteiger charge is 2.32. The van der Waals surface area contributed by atoms with Crippen molar-refractivity contribution in [3.63, 3.8) is 0 Å². The van der Waals surface area contributed by atoms with Crippen molar-refractivity contribution in [1.29, 1.82) is 0 Å². The lowest BCUT2D eigenvalue weighted by Gasteiger charge is -2.22. The molecule has 20 heavy (non-hydrogen) atoms. The summed E-state index contributed by atoms with van der Waals surface area (Å²) in [6.45, 7) is 3.43. The van der Waals surface area contributed by atoms with Crippen molar-refractivity contribution in [3.8, 4) is 0 Å². The lowest BCUT2D eigenvalue weighted by atomic mass is 10.2. The van der Waals surface area contributed by atoms with Crippen LogP contribution in [0.1, 0.15) is 25.3 Å². The fraction of sp³-hybridized carbons (Fsp3) is 0.533. The van der Waals surface area contributed by atoms with Crippen LogP contribution in [0.25, 0.3) is 0 Å². The molecule has 0 aliphatic heterocycles. The molecule has 0 saturated heterocycles. The Bertz CT molecular complexity index is 446. The predicted molar refractivity (Wildman–Crippen MR) is 77.6 cm³/mol. The van der Waals surface area contributed by atoms with Crippen LogP contribution in [0.15, 0.2) is 24.3 Å². The van der Waals surface area contributed by atoms with Gasteiger partial charge in [-0.15, -0.1) is 0 Å². The van der Waals surface area contributed by atoms with Gasteiger partial charge in [0.1, 0.15) is 0 Å². The van der Waals surface area contributed by atoms with E-state index in [2.05, 4.69) is 5.32 Å². The van der Waals surface area contributed by atoms with Gasteiger partial charge in [-0.05, 0) is 25.8 Å². The first-order valence-electron chi connectivity index (χ1n) is 7.10. The first-order valence-corrected chi connectivity index (χ1v) is 7.10. The van der Waals surface area contributed by atoms with Gasteiger partial charge in [-0.2, -0.15) is 0 Å². The third-order valence-corrected chi connectivity index (χ3v) is 3.31. The average Bonchev–Trinajstić information content (AvgIpc) is 3.28. The Kier molecular flexibility index (Phi) is 5.38. The van der Waals surface area contributed by atoms with Crippen LogP contribution in [0.3, 0.4) is 0 Å². The molecule has 0 unspecified atom stereocenters. The van der Waals surface area contributed by atoms with Gasteiger partial charge < -0.3 is 20.1 Å². The first-order chi connectivity index (χ1) is 9.76. The van der Waals surface area contributed by atoms with Gasteiger partial charge in [0.05, 0.1) is 13.2 Å². The number of aliphatic hydroxyl groups is 1. The van der Waals surface area contributed by atoms with Crippen LogP contribution < -0.4 is 5.32 Å². The number of hydrogen-bond donors (Lipinski definition) is 2. The van der Waals surface area contributed by atoms with Gasteiger partial charge in [0.15, 0.2) is 0 Å². The number of urea groups is 1. The second kappa shape index (κ2) is 7.26. The third-order valence-electron chi connectivity index (χ3n) is 3.31. The molecule has 0 radical (unpaired) electrons. The van der Waals surface area contributed by atoms with Crippen LogP contribution in [0.5, 0.6) is 0 Å². The molecule has 2 N–H and O–H groups in total. The Hall–Kier alpha value is -1.59. The number of rotatable bonds is 7.